The number of hydrogen-bond acceptors (Lipinski definition) is 2. The topological polar surface area (TPSA) is 61.9 Å². The van der Waals surface area contributed by atoms with Crippen molar-refractivity contribution in [2.75, 3.05) is 5.32 Å². The number of amidine groups is 1. The minimum Gasteiger partial charge on any atom is -0.384 e. The SMILES string of the molecule is CC(C)Nc1ccc(C(F)(F)F)cc1C(=N)N. The molecular formula is C11H14F3N3. The Morgan fingerprint density at radius 3 is 2.35 bits per heavy atom. The number of alkyl halides is 3. The zero-order valence-corrected chi connectivity index (χ0v) is 9.52. The zero-order valence-electron chi connectivity index (χ0n) is 9.52. The van der Waals surface area contributed by atoms with Crippen LogP contribution in [0.25, 0.3) is 0 Å². The largest absolute Gasteiger partial charge is 0.416 e. The maximum atomic E-state index is 12.5. The fourth-order valence-corrected chi connectivity index (χ4v) is 1.38. The average Bonchev–Trinajstić information content (AvgIpc) is 2.15. The molecule has 0 amide bonds. The van der Waals surface area contributed by atoms with Gasteiger partial charge in [0.05, 0.1) is 5.56 Å². The summed E-state index contributed by atoms with van der Waals surface area (Å²) >= 11 is 0. The van der Waals surface area contributed by atoms with E-state index in [1.165, 1.54) is 6.07 Å². The monoisotopic (exact) mass is 245 g/mol. The van der Waals surface area contributed by atoms with Crippen molar-refractivity contribution in [1.82, 2.24) is 0 Å². The van der Waals surface area contributed by atoms with Gasteiger partial charge in [0, 0.05) is 17.3 Å². The van der Waals surface area contributed by atoms with Gasteiger partial charge in [-0.1, -0.05) is 0 Å². The van der Waals surface area contributed by atoms with Crippen molar-refractivity contribution in [2.24, 2.45) is 5.73 Å². The third-order valence-corrected chi connectivity index (χ3v) is 2.08. The minimum atomic E-state index is -4.43. The molecule has 0 aliphatic rings. The highest BCUT2D eigenvalue weighted by Crippen LogP contribution is 2.31. The van der Waals surface area contributed by atoms with Gasteiger partial charge in [-0.25, -0.2) is 0 Å². The summed E-state index contributed by atoms with van der Waals surface area (Å²) in [5, 5.41) is 10.2. The van der Waals surface area contributed by atoms with Crippen LogP contribution in [0.1, 0.15) is 25.0 Å². The van der Waals surface area contributed by atoms with Crippen LogP contribution in [0.3, 0.4) is 0 Å². The number of anilines is 1. The number of nitrogens with two attached hydrogens (primary N) is 1. The van der Waals surface area contributed by atoms with Gasteiger partial charge in [-0.2, -0.15) is 13.2 Å². The lowest BCUT2D eigenvalue weighted by Crippen LogP contribution is -2.19. The van der Waals surface area contributed by atoms with E-state index in [0.717, 1.165) is 12.1 Å². The second kappa shape index (κ2) is 4.65. The standard InChI is InChI=1S/C11H14F3N3/c1-6(2)17-9-4-3-7(11(12,13)14)5-8(9)10(15)16/h3-6,17H,1-2H3,(H3,15,16). The maximum absolute atomic E-state index is 12.5. The molecule has 1 aromatic carbocycles. The van der Waals surface area contributed by atoms with Gasteiger partial charge in [-0.05, 0) is 32.0 Å². The zero-order chi connectivity index (χ0) is 13.2. The summed E-state index contributed by atoms with van der Waals surface area (Å²) in [5.41, 5.74) is 4.96. The van der Waals surface area contributed by atoms with E-state index in [2.05, 4.69) is 5.32 Å². The molecule has 0 atom stereocenters. The summed E-state index contributed by atoms with van der Waals surface area (Å²) in [7, 11) is 0. The number of halogens is 3. The number of nitrogen functional groups attached to an aromatic ring is 1. The fourth-order valence-electron chi connectivity index (χ4n) is 1.38. The molecule has 17 heavy (non-hydrogen) atoms. The Balaban J connectivity index is 3.22. The lowest BCUT2D eigenvalue weighted by atomic mass is 10.1. The maximum Gasteiger partial charge on any atom is 0.416 e. The normalized spacial score (nSPS) is 11.6. The lowest BCUT2D eigenvalue weighted by Gasteiger charge is -2.16. The van der Waals surface area contributed by atoms with Crippen LogP contribution >= 0.6 is 0 Å². The number of hydrogen-bond donors (Lipinski definition) is 3. The van der Waals surface area contributed by atoms with Crippen molar-refractivity contribution in [3.63, 3.8) is 0 Å². The van der Waals surface area contributed by atoms with Crippen LogP contribution in [0, 0.1) is 5.41 Å². The Bertz CT molecular complexity index is 424. The lowest BCUT2D eigenvalue weighted by molar-refractivity contribution is -0.137. The Morgan fingerprint density at radius 2 is 1.94 bits per heavy atom. The van der Waals surface area contributed by atoms with Gasteiger partial charge in [-0.3, -0.25) is 5.41 Å². The van der Waals surface area contributed by atoms with E-state index in [4.69, 9.17) is 11.1 Å². The molecule has 1 aromatic rings. The quantitative estimate of drug-likeness (QED) is 0.566. The number of rotatable bonds is 3. The molecule has 0 saturated heterocycles. The van der Waals surface area contributed by atoms with Gasteiger partial charge in [0.15, 0.2) is 0 Å². The van der Waals surface area contributed by atoms with Crippen molar-refractivity contribution in [1.29, 1.82) is 5.41 Å². The molecule has 0 aliphatic heterocycles. The van der Waals surface area contributed by atoms with Crippen LogP contribution in [-0.4, -0.2) is 11.9 Å². The molecule has 94 valence electrons. The first-order valence-corrected chi connectivity index (χ1v) is 5.04. The Kier molecular flexibility index (Phi) is 3.65. The van der Waals surface area contributed by atoms with E-state index >= 15 is 0 Å². The predicted octanol–water partition coefficient (Wildman–Crippen LogP) is 2.81. The highest BCUT2D eigenvalue weighted by molar-refractivity contribution is 6.00. The molecule has 1 rings (SSSR count). The molecule has 0 aliphatic carbocycles. The Hall–Kier alpha value is -1.72. The number of benzene rings is 1. The molecule has 0 fully saturated rings. The molecule has 0 heterocycles. The molecule has 3 nitrogen and oxygen atoms in total. The van der Waals surface area contributed by atoms with Crippen LogP contribution < -0.4 is 11.1 Å². The molecular weight excluding hydrogens is 231 g/mol. The van der Waals surface area contributed by atoms with Gasteiger partial charge in [0.2, 0.25) is 0 Å². The van der Waals surface area contributed by atoms with E-state index < -0.39 is 11.7 Å². The second-order valence-corrected chi connectivity index (χ2v) is 3.97. The molecule has 6 heteroatoms. The van der Waals surface area contributed by atoms with Crippen molar-refractivity contribution in [3.8, 4) is 0 Å². The van der Waals surface area contributed by atoms with Crippen LogP contribution in [-0.2, 0) is 6.18 Å². The van der Waals surface area contributed by atoms with Crippen molar-refractivity contribution < 1.29 is 13.2 Å². The van der Waals surface area contributed by atoms with Crippen LogP contribution in [0.2, 0.25) is 0 Å². The van der Waals surface area contributed by atoms with Gasteiger partial charge in [0.1, 0.15) is 5.84 Å². The van der Waals surface area contributed by atoms with Crippen LogP contribution in [0.5, 0.6) is 0 Å². The van der Waals surface area contributed by atoms with Gasteiger partial charge in [-0.15, -0.1) is 0 Å². The highest BCUT2D eigenvalue weighted by atomic mass is 19.4. The summed E-state index contributed by atoms with van der Waals surface area (Å²) in [4.78, 5) is 0. The van der Waals surface area contributed by atoms with Gasteiger partial charge in [0.25, 0.3) is 0 Å². The fraction of sp³-hybridized carbons (Fsp3) is 0.364. The predicted molar refractivity (Wildman–Crippen MR) is 61.2 cm³/mol. The van der Waals surface area contributed by atoms with Gasteiger partial charge < -0.3 is 11.1 Å². The first-order valence-electron chi connectivity index (χ1n) is 5.04. The smallest absolute Gasteiger partial charge is 0.384 e. The van der Waals surface area contributed by atoms with E-state index in [9.17, 15) is 13.2 Å². The third-order valence-electron chi connectivity index (χ3n) is 2.08. The molecule has 4 N–H and O–H groups in total. The first-order chi connectivity index (χ1) is 7.71. The summed E-state index contributed by atoms with van der Waals surface area (Å²) in [6.45, 7) is 3.70. The molecule has 0 spiro atoms. The van der Waals surface area contributed by atoms with E-state index in [0.29, 0.717) is 5.69 Å². The summed E-state index contributed by atoms with van der Waals surface area (Å²) in [5.74, 6) is -0.390. The second-order valence-electron chi connectivity index (χ2n) is 3.97. The van der Waals surface area contributed by atoms with E-state index in [-0.39, 0.29) is 17.4 Å². The Labute approximate surface area is 97.3 Å². The molecule has 0 unspecified atom stereocenters. The molecule has 0 aromatic heterocycles. The first kappa shape index (κ1) is 13.3. The average molecular weight is 245 g/mol. The van der Waals surface area contributed by atoms with Crippen molar-refractivity contribution in [2.45, 2.75) is 26.1 Å². The van der Waals surface area contributed by atoms with E-state index in [1.54, 1.807) is 0 Å². The van der Waals surface area contributed by atoms with Gasteiger partial charge >= 0.3 is 6.18 Å². The van der Waals surface area contributed by atoms with Crippen LogP contribution in [0.4, 0.5) is 18.9 Å². The third kappa shape index (κ3) is 3.37. The van der Waals surface area contributed by atoms with Crippen molar-refractivity contribution >= 4 is 11.5 Å². The minimum absolute atomic E-state index is 0.0461. The van der Waals surface area contributed by atoms with E-state index in [1.807, 2.05) is 13.8 Å². The number of nitrogens with one attached hydrogen (secondary N) is 2. The summed E-state index contributed by atoms with van der Waals surface area (Å²) < 4.78 is 37.5. The molecule has 0 bridgehead atoms. The Morgan fingerprint density at radius 1 is 1.35 bits per heavy atom. The highest BCUT2D eigenvalue weighted by Gasteiger charge is 2.31. The van der Waals surface area contributed by atoms with Crippen molar-refractivity contribution in [3.05, 3.63) is 29.3 Å². The summed E-state index contributed by atoms with van der Waals surface area (Å²) in [6, 6.07) is 3.19. The van der Waals surface area contributed by atoms with Crippen LogP contribution in [0.15, 0.2) is 18.2 Å². The molecule has 0 radical (unpaired) electrons. The summed E-state index contributed by atoms with van der Waals surface area (Å²) in [6.07, 6.45) is -4.43. The molecule has 0 saturated carbocycles.